The van der Waals surface area contributed by atoms with Crippen LogP contribution >= 0.6 is 0 Å². The first-order chi connectivity index (χ1) is 8.02. The average molecular weight is 245 g/mol. The summed E-state index contributed by atoms with van der Waals surface area (Å²) in [6.45, 7) is 4.97. The summed E-state index contributed by atoms with van der Waals surface area (Å²) in [6, 6.07) is 0. The summed E-state index contributed by atoms with van der Waals surface area (Å²) in [5.74, 6) is -1.37. The quantitative estimate of drug-likeness (QED) is 0.623. The molecule has 17 heavy (non-hydrogen) atoms. The molecule has 5 nitrogen and oxygen atoms in total. The molecule has 1 N–H and O–H groups in total. The number of carboxylic acids is 1. The predicted molar refractivity (Wildman–Crippen MR) is 64.8 cm³/mol. The van der Waals surface area contributed by atoms with Crippen molar-refractivity contribution in [2.24, 2.45) is 5.92 Å². The van der Waals surface area contributed by atoms with Crippen molar-refractivity contribution >= 4 is 11.9 Å². The first-order valence-electron chi connectivity index (χ1n) is 6.02. The number of carbonyl (C=O) groups excluding carboxylic acids is 1. The molecule has 5 heteroatoms. The van der Waals surface area contributed by atoms with E-state index in [0.717, 1.165) is 12.8 Å². The molecule has 0 aromatic heterocycles. The van der Waals surface area contributed by atoms with Gasteiger partial charge in [0.05, 0.1) is 5.92 Å². The zero-order chi connectivity index (χ0) is 13.3. The van der Waals surface area contributed by atoms with Gasteiger partial charge in [0, 0.05) is 33.2 Å². The van der Waals surface area contributed by atoms with Crippen LogP contribution in [0.1, 0.15) is 33.1 Å². The Balaban J connectivity index is 4.28. The molecule has 1 unspecified atom stereocenters. The number of amides is 1. The van der Waals surface area contributed by atoms with Crippen molar-refractivity contribution in [1.29, 1.82) is 0 Å². The van der Waals surface area contributed by atoms with Crippen molar-refractivity contribution in [3.8, 4) is 0 Å². The third kappa shape index (κ3) is 6.94. The molecule has 1 atom stereocenters. The maximum absolute atomic E-state index is 11.8. The Morgan fingerprint density at radius 2 is 2.06 bits per heavy atom. The molecule has 0 radical (unpaired) electrons. The number of hydrogen-bond acceptors (Lipinski definition) is 3. The molecule has 100 valence electrons. The van der Waals surface area contributed by atoms with Crippen LogP contribution in [0.25, 0.3) is 0 Å². The number of rotatable bonds is 9. The highest BCUT2D eigenvalue weighted by molar-refractivity contribution is 5.77. The molecule has 0 aliphatic carbocycles. The Morgan fingerprint density at radius 1 is 1.41 bits per heavy atom. The van der Waals surface area contributed by atoms with E-state index >= 15 is 0 Å². The van der Waals surface area contributed by atoms with Gasteiger partial charge >= 0.3 is 5.97 Å². The van der Waals surface area contributed by atoms with Crippen LogP contribution < -0.4 is 0 Å². The Hall–Kier alpha value is -1.10. The number of ether oxygens (including phenoxy) is 1. The SMILES string of the molecule is CCCC(=O)N(CCCOC)CC(C)C(=O)O. The van der Waals surface area contributed by atoms with Crippen molar-refractivity contribution in [1.82, 2.24) is 4.90 Å². The maximum Gasteiger partial charge on any atom is 0.308 e. The van der Waals surface area contributed by atoms with E-state index in [1.54, 1.807) is 18.9 Å². The summed E-state index contributed by atoms with van der Waals surface area (Å²) in [5.41, 5.74) is 0. The minimum Gasteiger partial charge on any atom is -0.481 e. The zero-order valence-corrected chi connectivity index (χ0v) is 10.9. The number of hydrogen-bond donors (Lipinski definition) is 1. The fourth-order valence-electron chi connectivity index (χ4n) is 1.50. The van der Waals surface area contributed by atoms with E-state index in [0.29, 0.717) is 19.6 Å². The topological polar surface area (TPSA) is 66.8 Å². The largest absolute Gasteiger partial charge is 0.481 e. The lowest BCUT2D eigenvalue weighted by atomic mass is 10.1. The van der Waals surface area contributed by atoms with Gasteiger partial charge in [-0.3, -0.25) is 9.59 Å². The second-order valence-corrected chi connectivity index (χ2v) is 4.18. The van der Waals surface area contributed by atoms with Crippen LogP contribution in [0.4, 0.5) is 0 Å². The van der Waals surface area contributed by atoms with Crippen LogP contribution in [0.2, 0.25) is 0 Å². The van der Waals surface area contributed by atoms with Gasteiger partial charge in [-0.1, -0.05) is 13.8 Å². The van der Waals surface area contributed by atoms with Crippen LogP contribution in [-0.4, -0.2) is 48.7 Å². The van der Waals surface area contributed by atoms with Crippen molar-refractivity contribution in [3.63, 3.8) is 0 Å². The molecular formula is C12H23NO4. The fourth-order valence-corrected chi connectivity index (χ4v) is 1.50. The van der Waals surface area contributed by atoms with Crippen LogP contribution in [0.5, 0.6) is 0 Å². The van der Waals surface area contributed by atoms with Gasteiger partial charge in [-0.2, -0.15) is 0 Å². The maximum atomic E-state index is 11.8. The summed E-state index contributed by atoms with van der Waals surface area (Å²) < 4.78 is 4.93. The van der Waals surface area contributed by atoms with Crippen molar-refractivity contribution in [3.05, 3.63) is 0 Å². The summed E-state index contributed by atoms with van der Waals surface area (Å²) >= 11 is 0. The normalized spacial score (nSPS) is 12.2. The highest BCUT2D eigenvalue weighted by Crippen LogP contribution is 2.05. The van der Waals surface area contributed by atoms with Gasteiger partial charge in [-0.25, -0.2) is 0 Å². The first-order valence-corrected chi connectivity index (χ1v) is 6.02. The zero-order valence-electron chi connectivity index (χ0n) is 10.9. The van der Waals surface area contributed by atoms with E-state index in [1.165, 1.54) is 0 Å². The average Bonchev–Trinajstić information content (AvgIpc) is 2.27. The van der Waals surface area contributed by atoms with E-state index in [-0.39, 0.29) is 12.5 Å². The van der Waals surface area contributed by atoms with Crippen molar-refractivity contribution in [2.75, 3.05) is 26.8 Å². The molecule has 0 bridgehead atoms. The second-order valence-electron chi connectivity index (χ2n) is 4.18. The lowest BCUT2D eigenvalue weighted by Gasteiger charge is -2.24. The van der Waals surface area contributed by atoms with E-state index in [2.05, 4.69) is 0 Å². The van der Waals surface area contributed by atoms with Crippen molar-refractivity contribution < 1.29 is 19.4 Å². The molecule has 0 saturated heterocycles. The highest BCUT2D eigenvalue weighted by Gasteiger charge is 2.19. The van der Waals surface area contributed by atoms with Crippen molar-refractivity contribution in [2.45, 2.75) is 33.1 Å². The summed E-state index contributed by atoms with van der Waals surface area (Å²) in [6.07, 6.45) is 1.98. The summed E-state index contributed by atoms with van der Waals surface area (Å²) in [5, 5.41) is 8.85. The Labute approximate surface area is 103 Å². The van der Waals surface area contributed by atoms with E-state index < -0.39 is 11.9 Å². The number of carboxylic acid groups (broad SMARTS) is 1. The first kappa shape index (κ1) is 15.9. The van der Waals surface area contributed by atoms with E-state index in [1.807, 2.05) is 6.92 Å². The van der Waals surface area contributed by atoms with Gasteiger partial charge in [0.1, 0.15) is 0 Å². The minimum absolute atomic E-state index is 0.0247. The van der Waals surface area contributed by atoms with Crippen LogP contribution in [0.15, 0.2) is 0 Å². The molecule has 1 amide bonds. The number of carbonyl (C=O) groups is 2. The minimum atomic E-state index is -0.869. The molecular weight excluding hydrogens is 222 g/mol. The van der Waals surface area contributed by atoms with Crippen LogP contribution in [0.3, 0.4) is 0 Å². The highest BCUT2D eigenvalue weighted by atomic mass is 16.5. The van der Waals surface area contributed by atoms with Crippen LogP contribution in [0, 0.1) is 5.92 Å². The van der Waals surface area contributed by atoms with Gasteiger partial charge in [-0.15, -0.1) is 0 Å². The van der Waals surface area contributed by atoms with Gasteiger partial charge < -0.3 is 14.7 Å². The molecule has 0 rings (SSSR count). The number of methoxy groups -OCH3 is 1. The molecule has 0 spiro atoms. The number of nitrogens with zero attached hydrogens (tertiary/aromatic N) is 1. The van der Waals surface area contributed by atoms with Gasteiger partial charge in [0.25, 0.3) is 0 Å². The second kappa shape index (κ2) is 8.98. The molecule has 0 aromatic rings. The standard InChI is InChI=1S/C12H23NO4/c1-4-6-11(14)13(7-5-8-17-3)9-10(2)12(15)16/h10H,4-9H2,1-3H3,(H,15,16). The Kier molecular flexibility index (Phi) is 8.40. The molecule has 0 aliphatic heterocycles. The molecule has 0 aliphatic rings. The Bertz CT molecular complexity index is 243. The smallest absolute Gasteiger partial charge is 0.308 e. The third-order valence-corrected chi connectivity index (χ3v) is 2.51. The molecule has 0 aromatic carbocycles. The molecule has 0 saturated carbocycles. The fraction of sp³-hybridized carbons (Fsp3) is 0.833. The van der Waals surface area contributed by atoms with E-state index in [9.17, 15) is 9.59 Å². The summed E-state index contributed by atoms with van der Waals surface area (Å²) in [7, 11) is 1.61. The number of aliphatic carboxylic acids is 1. The Morgan fingerprint density at radius 3 is 2.53 bits per heavy atom. The molecule has 0 fully saturated rings. The lowest BCUT2D eigenvalue weighted by Crippen LogP contribution is -2.37. The van der Waals surface area contributed by atoms with E-state index in [4.69, 9.17) is 9.84 Å². The lowest BCUT2D eigenvalue weighted by molar-refractivity contribution is -0.143. The molecule has 0 heterocycles. The van der Waals surface area contributed by atoms with Gasteiger partial charge in [-0.05, 0) is 12.8 Å². The monoisotopic (exact) mass is 245 g/mol. The van der Waals surface area contributed by atoms with Gasteiger partial charge in [0.2, 0.25) is 5.91 Å². The predicted octanol–water partition coefficient (Wildman–Crippen LogP) is 1.37. The van der Waals surface area contributed by atoms with Crippen LogP contribution in [-0.2, 0) is 14.3 Å². The third-order valence-electron chi connectivity index (χ3n) is 2.51. The van der Waals surface area contributed by atoms with Gasteiger partial charge in [0.15, 0.2) is 0 Å². The summed E-state index contributed by atoms with van der Waals surface area (Å²) in [4.78, 5) is 24.2.